The van der Waals surface area contributed by atoms with Gasteiger partial charge in [-0.1, -0.05) is 6.92 Å². The minimum absolute atomic E-state index is 0.155. The van der Waals surface area contributed by atoms with Crippen LogP contribution in [0.15, 0.2) is 0 Å². The molecular weight excluding hydrogens is 212 g/mol. The van der Waals surface area contributed by atoms with Crippen LogP contribution in [-0.4, -0.2) is 38.3 Å². The van der Waals surface area contributed by atoms with Crippen molar-refractivity contribution in [1.29, 1.82) is 0 Å². The Balaban J connectivity index is 2.45. The van der Waals surface area contributed by atoms with Gasteiger partial charge in [0.1, 0.15) is 0 Å². The van der Waals surface area contributed by atoms with E-state index in [4.69, 9.17) is 5.11 Å². The van der Waals surface area contributed by atoms with Crippen LogP contribution in [0.5, 0.6) is 0 Å². The molecule has 1 N–H and O–H groups in total. The van der Waals surface area contributed by atoms with Gasteiger partial charge in [-0.2, -0.15) is 4.98 Å². The zero-order valence-electron chi connectivity index (χ0n) is 9.04. The third-order valence-electron chi connectivity index (χ3n) is 2.44. The number of carbonyl (C=O) groups excluding carboxylic acids is 1. The number of hydrogen-bond donors (Lipinski definition) is 1. The van der Waals surface area contributed by atoms with Crippen LogP contribution < -0.4 is 4.90 Å². The summed E-state index contributed by atoms with van der Waals surface area (Å²) in [6, 6.07) is 0. The molecule has 16 heavy (non-hydrogen) atoms. The van der Waals surface area contributed by atoms with Gasteiger partial charge in [-0.15, -0.1) is 5.10 Å². The van der Waals surface area contributed by atoms with Gasteiger partial charge in [-0.3, -0.25) is 9.69 Å². The molecule has 7 heteroatoms. The molecule has 2 rings (SSSR count). The minimum atomic E-state index is -1.18. The van der Waals surface area contributed by atoms with Crippen LogP contribution >= 0.6 is 0 Å². The fraction of sp³-hybridized carbons (Fsp3) is 0.556. The van der Waals surface area contributed by atoms with Gasteiger partial charge in [0.2, 0.25) is 11.9 Å². The Kier molecular flexibility index (Phi) is 2.37. The lowest BCUT2D eigenvalue weighted by Gasteiger charge is -2.28. The Morgan fingerprint density at radius 3 is 2.69 bits per heavy atom. The molecule has 0 aliphatic carbocycles. The predicted octanol–water partition coefficient (Wildman–Crippen LogP) is -0.0211. The number of carbonyl (C=O) groups is 2. The molecule has 1 amide bonds. The molecule has 1 aromatic heterocycles. The molecule has 0 fully saturated rings. The van der Waals surface area contributed by atoms with Crippen molar-refractivity contribution < 1.29 is 14.7 Å². The van der Waals surface area contributed by atoms with Crippen LogP contribution in [0.4, 0.5) is 5.95 Å². The minimum Gasteiger partial charge on any atom is -0.475 e. The van der Waals surface area contributed by atoms with E-state index in [1.807, 2.05) is 6.92 Å². The Morgan fingerprint density at radius 2 is 2.12 bits per heavy atom. The quantitative estimate of drug-likeness (QED) is 0.724. The first-order chi connectivity index (χ1) is 7.49. The van der Waals surface area contributed by atoms with Gasteiger partial charge in [0.05, 0.1) is 0 Å². The van der Waals surface area contributed by atoms with E-state index < -0.39 is 5.97 Å². The first kappa shape index (κ1) is 10.6. The van der Waals surface area contributed by atoms with Crippen molar-refractivity contribution in [2.75, 3.05) is 11.4 Å². The second kappa shape index (κ2) is 3.58. The molecule has 1 unspecified atom stereocenters. The van der Waals surface area contributed by atoms with Crippen LogP contribution in [0.1, 0.15) is 24.5 Å². The van der Waals surface area contributed by atoms with Crippen LogP contribution in [0.3, 0.4) is 0 Å². The summed E-state index contributed by atoms with van der Waals surface area (Å²) < 4.78 is 1.47. The number of hydrogen-bond acceptors (Lipinski definition) is 4. The summed E-state index contributed by atoms with van der Waals surface area (Å²) >= 11 is 0. The maximum atomic E-state index is 11.4. The number of carboxylic acid groups (broad SMARTS) is 1. The molecule has 1 aromatic rings. The number of fused-ring (bicyclic) bond motifs is 1. The zero-order valence-corrected chi connectivity index (χ0v) is 9.04. The number of rotatable bonds is 1. The first-order valence-electron chi connectivity index (χ1n) is 4.95. The van der Waals surface area contributed by atoms with Crippen molar-refractivity contribution >= 4 is 17.8 Å². The van der Waals surface area contributed by atoms with Crippen LogP contribution in [0.25, 0.3) is 0 Å². The molecule has 86 valence electrons. The van der Waals surface area contributed by atoms with E-state index in [0.717, 1.165) is 0 Å². The highest BCUT2D eigenvalue weighted by Gasteiger charge is 2.29. The fourth-order valence-corrected chi connectivity index (χ4v) is 1.76. The maximum Gasteiger partial charge on any atom is 0.375 e. The average molecular weight is 224 g/mol. The van der Waals surface area contributed by atoms with Crippen molar-refractivity contribution in [3.05, 3.63) is 5.82 Å². The lowest BCUT2D eigenvalue weighted by atomic mass is 10.1. The van der Waals surface area contributed by atoms with E-state index in [1.54, 1.807) is 0 Å². The van der Waals surface area contributed by atoms with Gasteiger partial charge in [0.15, 0.2) is 0 Å². The van der Waals surface area contributed by atoms with E-state index in [1.165, 1.54) is 16.5 Å². The second-order valence-electron chi connectivity index (χ2n) is 3.96. The highest BCUT2D eigenvalue weighted by molar-refractivity contribution is 5.91. The summed E-state index contributed by atoms with van der Waals surface area (Å²) in [7, 11) is 0. The lowest BCUT2D eigenvalue weighted by molar-refractivity contribution is -0.117. The zero-order chi connectivity index (χ0) is 11.9. The molecule has 1 atom stereocenters. The van der Waals surface area contributed by atoms with Crippen molar-refractivity contribution in [2.45, 2.75) is 20.4 Å². The summed E-state index contributed by atoms with van der Waals surface area (Å²) in [5.74, 6) is -1.05. The monoisotopic (exact) mass is 224 g/mol. The number of amides is 1. The molecule has 0 bridgehead atoms. The smallest absolute Gasteiger partial charge is 0.375 e. The van der Waals surface area contributed by atoms with Gasteiger partial charge >= 0.3 is 5.97 Å². The van der Waals surface area contributed by atoms with Crippen LogP contribution in [0.2, 0.25) is 0 Å². The topological polar surface area (TPSA) is 88.3 Å². The highest BCUT2D eigenvalue weighted by Crippen LogP contribution is 2.21. The number of anilines is 1. The molecule has 0 saturated carbocycles. The molecule has 0 aromatic carbocycles. The lowest BCUT2D eigenvalue weighted by Crippen LogP contribution is -2.40. The Labute approximate surface area is 91.7 Å². The molecular formula is C9H12N4O3. The molecule has 1 aliphatic rings. The van der Waals surface area contributed by atoms with E-state index in [0.29, 0.717) is 19.0 Å². The molecule has 7 nitrogen and oxygen atoms in total. The summed E-state index contributed by atoms with van der Waals surface area (Å²) in [6.07, 6.45) is 0. The summed E-state index contributed by atoms with van der Waals surface area (Å²) in [4.78, 5) is 27.4. The third kappa shape index (κ3) is 1.64. The van der Waals surface area contributed by atoms with Crippen molar-refractivity contribution in [1.82, 2.24) is 14.8 Å². The molecule has 0 spiro atoms. The second-order valence-corrected chi connectivity index (χ2v) is 3.96. The first-order valence-corrected chi connectivity index (χ1v) is 4.95. The van der Waals surface area contributed by atoms with Crippen LogP contribution in [-0.2, 0) is 11.3 Å². The standard InChI is InChI=1S/C9H12N4O3/c1-5-3-12(6(2)14)9-10-7(8(15)16)11-13(9)4-5/h5H,3-4H2,1-2H3,(H,15,16). The molecule has 1 aliphatic heterocycles. The highest BCUT2D eigenvalue weighted by atomic mass is 16.4. The van der Waals surface area contributed by atoms with Crippen molar-refractivity contribution in [3.63, 3.8) is 0 Å². The Hall–Kier alpha value is -1.92. The SMILES string of the molecule is CC(=O)N1CC(C)Cn2nc(C(=O)O)nc21. The molecule has 0 saturated heterocycles. The van der Waals surface area contributed by atoms with Crippen molar-refractivity contribution in [2.24, 2.45) is 5.92 Å². The van der Waals surface area contributed by atoms with Crippen LogP contribution in [0, 0.1) is 5.92 Å². The van der Waals surface area contributed by atoms with E-state index in [9.17, 15) is 9.59 Å². The molecule has 0 radical (unpaired) electrons. The van der Waals surface area contributed by atoms with E-state index >= 15 is 0 Å². The van der Waals surface area contributed by atoms with Gasteiger partial charge in [0, 0.05) is 20.0 Å². The number of aromatic nitrogens is 3. The van der Waals surface area contributed by atoms with E-state index in [-0.39, 0.29) is 17.6 Å². The number of aromatic carboxylic acids is 1. The van der Waals surface area contributed by atoms with Crippen molar-refractivity contribution in [3.8, 4) is 0 Å². The maximum absolute atomic E-state index is 11.4. The summed E-state index contributed by atoms with van der Waals surface area (Å²) in [5.41, 5.74) is 0. The number of nitrogens with zero attached hydrogens (tertiary/aromatic N) is 4. The summed E-state index contributed by atoms with van der Waals surface area (Å²) in [6.45, 7) is 4.53. The molecule has 2 heterocycles. The average Bonchev–Trinajstić information content (AvgIpc) is 2.59. The van der Waals surface area contributed by atoms with Gasteiger partial charge in [-0.05, 0) is 5.92 Å². The number of carboxylic acids is 1. The Bertz CT molecular complexity index is 454. The third-order valence-corrected chi connectivity index (χ3v) is 2.44. The Morgan fingerprint density at radius 1 is 1.44 bits per heavy atom. The van der Waals surface area contributed by atoms with Gasteiger partial charge in [0.25, 0.3) is 5.82 Å². The van der Waals surface area contributed by atoms with Gasteiger partial charge in [-0.25, -0.2) is 9.48 Å². The summed E-state index contributed by atoms with van der Waals surface area (Å²) in [5, 5.41) is 12.6. The van der Waals surface area contributed by atoms with E-state index in [2.05, 4.69) is 10.1 Å². The van der Waals surface area contributed by atoms with Gasteiger partial charge < -0.3 is 5.11 Å². The predicted molar refractivity (Wildman–Crippen MR) is 54.2 cm³/mol. The normalized spacial score (nSPS) is 19.4. The largest absolute Gasteiger partial charge is 0.475 e. The fourth-order valence-electron chi connectivity index (χ4n) is 1.76.